The normalized spacial score (nSPS) is 22.2. The molecule has 2 fully saturated rings. The summed E-state index contributed by atoms with van der Waals surface area (Å²) in [6, 6.07) is 0. The molecule has 2 saturated carbocycles. The molecule has 0 aromatic rings. The molecule has 1 atom stereocenters. The third-order valence-electron chi connectivity index (χ3n) is 3.65. The molecule has 2 heteroatoms. The molecule has 0 amide bonds. The maximum Gasteiger partial charge on any atom is 2.00 e. The summed E-state index contributed by atoms with van der Waals surface area (Å²) in [6.07, 6.45) is 16.0. The van der Waals surface area contributed by atoms with Crippen LogP contribution in [-0.4, -0.2) is 11.2 Å². The Morgan fingerprint density at radius 2 is 1.41 bits per heavy atom. The average molecular weight is 285 g/mol. The van der Waals surface area contributed by atoms with Gasteiger partial charge in [0.05, 0.1) is 6.10 Å². The van der Waals surface area contributed by atoms with E-state index in [0.717, 1.165) is 0 Å². The molecule has 1 radical (unpaired) electrons. The Morgan fingerprint density at radius 3 is 1.65 bits per heavy atom. The zero-order valence-electron chi connectivity index (χ0n) is 11.6. The third kappa shape index (κ3) is 10.1. The molecule has 2 aliphatic rings. The Labute approximate surface area is 119 Å². The van der Waals surface area contributed by atoms with Gasteiger partial charge in [-0.15, -0.1) is 0 Å². The minimum atomic E-state index is -0.0645. The molecule has 2 aliphatic carbocycles. The van der Waals surface area contributed by atoms with Gasteiger partial charge in [-0.1, -0.05) is 38.5 Å². The molecule has 1 nitrogen and oxygen atoms in total. The molecule has 0 aromatic carbocycles. The van der Waals surface area contributed by atoms with Gasteiger partial charge in [0.15, 0.2) is 0 Å². The van der Waals surface area contributed by atoms with Gasteiger partial charge in [-0.3, -0.25) is 0 Å². The Morgan fingerprint density at radius 1 is 0.941 bits per heavy atom. The van der Waals surface area contributed by atoms with Crippen molar-refractivity contribution in [3.05, 3.63) is 13.8 Å². The first kappa shape index (κ1) is 19.8. The van der Waals surface area contributed by atoms with Crippen LogP contribution in [0.1, 0.15) is 71.1 Å². The van der Waals surface area contributed by atoms with Gasteiger partial charge < -0.3 is 19.0 Å². The van der Waals surface area contributed by atoms with Crippen LogP contribution < -0.4 is 0 Å². The summed E-state index contributed by atoms with van der Waals surface area (Å²) in [5.74, 6) is 0.610. The molecule has 0 bridgehead atoms. The minimum absolute atomic E-state index is 0. The van der Waals surface area contributed by atoms with Crippen LogP contribution in [0.3, 0.4) is 0 Å². The van der Waals surface area contributed by atoms with Crippen LogP contribution >= 0.6 is 0 Å². The number of rotatable bonds is 1. The van der Waals surface area contributed by atoms with Crippen LogP contribution in [0.5, 0.6) is 0 Å². The monoisotopic (exact) mass is 285 g/mol. The molecule has 0 spiro atoms. The summed E-state index contributed by atoms with van der Waals surface area (Å²) in [5, 5.41) is 9.18. The van der Waals surface area contributed by atoms with Crippen molar-refractivity contribution < 1.29 is 21.9 Å². The number of hydrogen-bond donors (Lipinski definition) is 1. The Hall–Kier alpha value is 0.466. The molecule has 0 saturated heterocycles. The van der Waals surface area contributed by atoms with Gasteiger partial charge in [-0.2, -0.15) is 12.8 Å². The van der Waals surface area contributed by atoms with Gasteiger partial charge in [0.25, 0.3) is 0 Å². The summed E-state index contributed by atoms with van der Waals surface area (Å²) in [7, 11) is 0. The zero-order valence-corrected chi connectivity index (χ0v) is 12.6. The fourth-order valence-corrected chi connectivity index (χ4v) is 2.52. The topological polar surface area (TPSA) is 20.2 Å². The van der Waals surface area contributed by atoms with Crippen molar-refractivity contribution in [1.29, 1.82) is 0 Å². The molecule has 0 heterocycles. The maximum atomic E-state index is 9.18. The molecule has 0 aliphatic heterocycles. The Bertz CT molecular complexity index is 126. The van der Waals surface area contributed by atoms with E-state index in [1.807, 2.05) is 6.92 Å². The molecule has 17 heavy (non-hydrogen) atoms. The number of aliphatic hydroxyl groups excluding tert-OH is 1. The predicted octanol–water partition coefficient (Wildman–Crippen LogP) is 4.55. The molecular weight excluding hydrogens is 255 g/mol. The second-order valence-corrected chi connectivity index (χ2v) is 5.07. The van der Waals surface area contributed by atoms with Crippen LogP contribution in [0.15, 0.2) is 0 Å². The molecule has 1 unspecified atom stereocenters. The van der Waals surface area contributed by atoms with Crippen molar-refractivity contribution in [2.45, 2.75) is 77.2 Å². The summed E-state index contributed by atoms with van der Waals surface area (Å²) in [4.78, 5) is 0. The molecular formula is C15H30CoO. The largest absolute Gasteiger partial charge is 2.00 e. The van der Waals surface area contributed by atoms with E-state index in [4.69, 9.17) is 0 Å². The van der Waals surface area contributed by atoms with E-state index in [1.165, 1.54) is 64.2 Å². The van der Waals surface area contributed by atoms with Crippen LogP contribution in [0.4, 0.5) is 0 Å². The van der Waals surface area contributed by atoms with E-state index in [2.05, 4.69) is 6.42 Å². The smallest absolute Gasteiger partial charge is 0.393 e. The van der Waals surface area contributed by atoms with Gasteiger partial charge in [-0.25, -0.2) is 0 Å². The van der Waals surface area contributed by atoms with Gasteiger partial charge in [0, 0.05) is 0 Å². The van der Waals surface area contributed by atoms with E-state index < -0.39 is 0 Å². The summed E-state index contributed by atoms with van der Waals surface area (Å²) >= 11 is 0. The first-order valence-electron chi connectivity index (χ1n) is 6.80. The van der Waals surface area contributed by atoms with E-state index in [0.29, 0.717) is 5.92 Å². The summed E-state index contributed by atoms with van der Waals surface area (Å²) in [6.45, 7) is 1.91. The molecule has 105 valence electrons. The standard InChI is InChI=1S/C8H16O.C6H11.CH3.Co/c1-7(9)8-5-3-2-4-6-8;1-2-4-6-5-3-1;;/h7-9H,2-6H2,1H3;1H,2-6H2;1H3;/q;2*-1;+2. The summed E-state index contributed by atoms with van der Waals surface area (Å²) in [5.41, 5.74) is 0. The first-order chi connectivity index (χ1) is 7.30. The average Bonchev–Trinajstić information content (AvgIpc) is 2.33. The van der Waals surface area contributed by atoms with Crippen molar-refractivity contribution >= 4 is 0 Å². The van der Waals surface area contributed by atoms with Gasteiger partial charge >= 0.3 is 16.8 Å². The first-order valence-corrected chi connectivity index (χ1v) is 6.80. The van der Waals surface area contributed by atoms with Crippen LogP contribution in [0, 0.1) is 19.8 Å². The van der Waals surface area contributed by atoms with Gasteiger partial charge in [0.2, 0.25) is 0 Å². The molecule has 1 N–H and O–H groups in total. The summed E-state index contributed by atoms with van der Waals surface area (Å²) < 4.78 is 0. The Kier molecular flexibility index (Phi) is 15.0. The van der Waals surface area contributed by atoms with E-state index in [9.17, 15) is 5.11 Å². The predicted molar refractivity (Wildman–Crippen MR) is 72.1 cm³/mol. The number of aliphatic hydroxyl groups is 1. The van der Waals surface area contributed by atoms with Crippen molar-refractivity contribution in [3.8, 4) is 0 Å². The van der Waals surface area contributed by atoms with E-state index in [1.54, 1.807) is 0 Å². The van der Waals surface area contributed by atoms with Crippen LogP contribution in [-0.2, 0) is 16.8 Å². The van der Waals surface area contributed by atoms with Gasteiger partial charge in [0.1, 0.15) is 0 Å². The van der Waals surface area contributed by atoms with Crippen molar-refractivity contribution in [2.24, 2.45) is 5.92 Å². The van der Waals surface area contributed by atoms with E-state index >= 15 is 0 Å². The fraction of sp³-hybridized carbons (Fsp3) is 0.867. The molecule has 2 rings (SSSR count). The van der Waals surface area contributed by atoms with Crippen molar-refractivity contribution in [1.82, 2.24) is 0 Å². The fourth-order valence-electron chi connectivity index (χ4n) is 2.52. The van der Waals surface area contributed by atoms with Crippen molar-refractivity contribution in [3.63, 3.8) is 0 Å². The van der Waals surface area contributed by atoms with Gasteiger partial charge in [-0.05, 0) is 25.7 Å². The van der Waals surface area contributed by atoms with Crippen LogP contribution in [0.25, 0.3) is 0 Å². The second kappa shape index (κ2) is 12.9. The van der Waals surface area contributed by atoms with E-state index in [-0.39, 0.29) is 30.3 Å². The zero-order chi connectivity index (χ0) is 10.9. The minimum Gasteiger partial charge on any atom is -0.393 e. The van der Waals surface area contributed by atoms with Crippen molar-refractivity contribution in [2.75, 3.05) is 0 Å². The SMILES string of the molecule is CC(O)C1CCCCC1.[CH-]1CCCCC1.[CH3-].[Co+2]. The quantitative estimate of drug-likeness (QED) is 0.701. The van der Waals surface area contributed by atoms with Crippen LogP contribution in [0.2, 0.25) is 0 Å². The second-order valence-electron chi connectivity index (χ2n) is 5.07. The number of hydrogen-bond acceptors (Lipinski definition) is 1. The third-order valence-corrected chi connectivity index (χ3v) is 3.65. The maximum absolute atomic E-state index is 9.18. The molecule has 0 aromatic heterocycles. The Balaban J connectivity index is 0.